The van der Waals surface area contributed by atoms with Crippen LogP contribution in [0.5, 0.6) is 0 Å². The third-order valence-corrected chi connectivity index (χ3v) is 5.60. The van der Waals surface area contributed by atoms with E-state index in [1.165, 1.54) is 24.1 Å². The second-order valence-electron chi connectivity index (χ2n) is 9.39. The lowest BCUT2D eigenvalue weighted by molar-refractivity contribution is -0.0708. The van der Waals surface area contributed by atoms with Gasteiger partial charge in [0.05, 0.1) is 18.4 Å². The highest BCUT2D eigenvalue weighted by molar-refractivity contribution is 7.45. The van der Waals surface area contributed by atoms with Gasteiger partial charge in [-0.15, -0.1) is 5.10 Å². The zero-order valence-electron chi connectivity index (χ0n) is 20.7. The number of nitrogens with zero attached hydrogens (tertiary/aromatic N) is 3. The first kappa shape index (κ1) is 29.4. The maximum absolute atomic E-state index is 8.88. The van der Waals surface area contributed by atoms with E-state index < -0.39 is 7.82 Å². The summed E-state index contributed by atoms with van der Waals surface area (Å²) >= 11 is 0. The number of benzene rings is 1. The Morgan fingerprint density at radius 3 is 2.12 bits per heavy atom. The van der Waals surface area contributed by atoms with Crippen molar-refractivity contribution in [2.45, 2.75) is 72.0 Å². The molecule has 10 heteroatoms. The maximum Gasteiger partial charge on any atom is 0.466 e. The second kappa shape index (κ2) is 13.9. The lowest BCUT2D eigenvalue weighted by atomic mass is 9.82. The van der Waals surface area contributed by atoms with Gasteiger partial charge in [-0.25, -0.2) is 4.57 Å². The molecule has 0 bridgehead atoms. The van der Waals surface area contributed by atoms with E-state index in [4.69, 9.17) is 24.0 Å². The van der Waals surface area contributed by atoms with E-state index in [0.29, 0.717) is 18.1 Å². The minimum Gasteiger partial charge on any atom is -0.373 e. The summed E-state index contributed by atoms with van der Waals surface area (Å²) in [4.78, 5) is 24.1. The van der Waals surface area contributed by atoms with Crippen molar-refractivity contribution in [3.05, 3.63) is 47.8 Å². The summed E-state index contributed by atoms with van der Waals surface area (Å²) in [6.07, 6.45) is 6.30. The summed E-state index contributed by atoms with van der Waals surface area (Å²) < 4.78 is 14.7. The fourth-order valence-electron chi connectivity index (χ4n) is 3.80. The lowest BCUT2D eigenvalue weighted by Crippen LogP contribution is -2.47. The summed E-state index contributed by atoms with van der Waals surface area (Å²) in [5.41, 5.74) is 3.19. The fourth-order valence-corrected chi connectivity index (χ4v) is 3.80. The quantitative estimate of drug-likeness (QED) is 0.458. The van der Waals surface area contributed by atoms with Crippen molar-refractivity contribution < 1.29 is 24.0 Å². The molecule has 0 spiro atoms. The molecule has 9 nitrogen and oxygen atoms in total. The number of ether oxygens (including phenoxy) is 1. The zero-order chi connectivity index (χ0) is 25.1. The molecule has 2 aromatic rings. The standard InChI is InChI=1S/C21H35NO.C2H3N3.H3O4P/c1-7-21(5,6)20-10-8-19(9-11-20)12-16(2)13-22-14-17(3)23-18(4)15-22;1-2-4-5-3-1;1-5(2,3)4/h8-11,16-18H,7,12-15H2,1-6H3;1-2H,(H,3,4,5);(H3,1,2,3,4)/t16?,17-,18+;;. The molecule has 33 heavy (non-hydrogen) atoms. The van der Waals surface area contributed by atoms with Gasteiger partial charge < -0.3 is 19.4 Å². The molecule has 1 fully saturated rings. The number of morpholine rings is 1. The Kier molecular flexibility index (Phi) is 12.4. The highest BCUT2D eigenvalue weighted by atomic mass is 31.2. The molecular weight excluding hydrogens is 443 g/mol. The molecule has 1 unspecified atom stereocenters. The smallest absolute Gasteiger partial charge is 0.373 e. The minimum atomic E-state index is -4.64. The Hall–Kier alpha value is -1.61. The van der Waals surface area contributed by atoms with Gasteiger partial charge in [0.1, 0.15) is 0 Å². The molecule has 188 valence electrons. The van der Waals surface area contributed by atoms with E-state index in [0.717, 1.165) is 19.5 Å². The summed E-state index contributed by atoms with van der Waals surface area (Å²) in [5.74, 6) is 0.678. The van der Waals surface area contributed by atoms with Crippen LogP contribution >= 0.6 is 7.82 Å². The maximum atomic E-state index is 8.88. The first-order valence-electron chi connectivity index (χ1n) is 11.4. The first-order chi connectivity index (χ1) is 15.3. The lowest BCUT2D eigenvalue weighted by Gasteiger charge is -2.36. The van der Waals surface area contributed by atoms with Gasteiger partial charge in [0.2, 0.25) is 0 Å². The van der Waals surface area contributed by atoms with Crippen LogP contribution in [0.4, 0.5) is 0 Å². The number of aromatic amines is 1. The molecule has 3 rings (SSSR count). The topological polar surface area (TPSA) is 132 Å². The molecule has 0 saturated carbocycles. The van der Waals surface area contributed by atoms with Crippen LogP contribution in [0.2, 0.25) is 0 Å². The number of hydrogen-bond donors (Lipinski definition) is 4. The Balaban J connectivity index is 0.000000449. The molecule has 1 aliphatic rings. The van der Waals surface area contributed by atoms with Crippen molar-refractivity contribution in [3.63, 3.8) is 0 Å². The van der Waals surface area contributed by atoms with E-state index in [-0.39, 0.29) is 5.41 Å². The highest BCUT2D eigenvalue weighted by Crippen LogP contribution is 2.27. The van der Waals surface area contributed by atoms with Crippen LogP contribution in [-0.2, 0) is 21.1 Å². The van der Waals surface area contributed by atoms with E-state index in [1.54, 1.807) is 12.4 Å². The van der Waals surface area contributed by atoms with Gasteiger partial charge in [-0.3, -0.25) is 10.00 Å². The molecule has 1 aliphatic heterocycles. The number of aromatic nitrogens is 3. The van der Waals surface area contributed by atoms with Gasteiger partial charge in [-0.05, 0) is 49.1 Å². The summed E-state index contributed by atoms with van der Waals surface area (Å²) in [7, 11) is -4.64. The van der Waals surface area contributed by atoms with Gasteiger partial charge in [0.15, 0.2) is 0 Å². The second-order valence-corrected chi connectivity index (χ2v) is 10.4. The van der Waals surface area contributed by atoms with E-state index >= 15 is 0 Å². The summed E-state index contributed by atoms with van der Waals surface area (Å²) in [5, 5.41) is 9.26. The van der Waals surface area contributed by atoms with Gasteiger partial charge >= 0.3 is 7.82 Å². The Labute approximate surface area is 197 Å². The van der Waals surface area contributed by atoms with Crippen molar-refractivity contribution in [2.75, 3.05) is 19.6 Å². The molecule has 0 radical (unpaired) electrons. The Bertz CT molecular complexity index is 775. The molecular formula is C23H41N4O5P. The number of hydrogen-bond acceptors (Lipinski definition) is 5. The van der Waals surface area contributed by atoms with Crippen LogP contribution in [0, 0.1) is 5.92 Å². The predicted molar refractivity (Wildman–Crippen MR) is 130 cm³/mol. The van der Waals surface area contributed by atoms with E-state index in [9.17, 15) is 0 Å². The van der Waals surface area contributed by atoms with Crippen molar-refractivity contribution in [3.8, 4) is 0 Å². The van der Waals surface area contributed by atoms with Crippen molar-refractivity contribution in [2.24, 2.45) is 5.92 Å². The number of H-pyrrole nitrogens is 1. The SMILES string of the molecule is CCC(C)(C)c1ccc(CC(C)CN2C[C@@H](C)O[C@@H](C)C2)cc1.O=P(O)(O)O.c1c[nH]nn1. The van der Waals surface area contributed by atoms with Gasteiger partial charge in [0, 0.05) is 25.8 Å². The molecule has 1 aromatic carbocycles. The highest BCUT2D eigenvalue weighted by Gasteiger charge is 2.23. The molecule has 0 amide bonds. The van der Waals surface area contributed by atoms with Crippen LogP contribution in [0.3, 0.4) is 0 Å². The van der Waals surface area contributed by atoms with Crippen LogP contribution < -0.4 is 0 Å². The molecule has 0 aliphatic carbocycles. The molecule has 3 atom stereocenters. The summed E-state index contributed by atoms with van der Waals surface area (Å²) in [6.45, 7) is 17.0. The molecule has 1 saturated heterocycles. The zero-order valence-corrected chi connectivity index (χ0v) is 21.6. The normalized spacial score (nSPS) is 20.2. The van der Waals surface area contributed by atoms with E-state index in [2.05, 4.69) is 86.1 Å². The summed E-state index contributed by atoms with van der Waals surface area (Å²) in [6, 6.07) is 9.30. The first-order valence-corrected chi connectivity index (χ1v) is 12.9. The Morgan fingerprint density at radius 1 is 1.18 bits per heavy atom. The molecule has 1 aromatic heterocycles. The van der Waals surface area contributed by atoms with Crippen LogP contribution in [0.15, 0.2) is 36.7 Å². The third-order valence-electron chi connectivity index (χ3n) is 5.60. The monoisotopic (exact) mass is 484 g/mol. The van der Waals surface area contributed by atoms with Crippen LogP contribution in [-0.4, -0.2) is 66.8 Å². The van der Waals surface area contributed by atoms with Gasteiger partial charge in [-0.1, -0.05) is 57.2 Å². The largest absolute Gasteiger partial charge is 0.466 e. The fraction of sp³-hybridized carbons (Fsp3) is 0.652. The average molecular weight is 485 g/mol. The molecule has 2 heterocycles. The van der Waals surface area contributed by atoms with Crippen molar-refractivity contribution in [1.29, 1.82) is 0 Å². The van der Waals surface area contributed by atoms with E-state index in [1.807, 2.05) is 0 Å². The van der Waals surface area contributed by atoms with Crippen molar-refractivity contribution in [1.82, 2.24) is 20.3 Å². The number of nitrogens with one attached hydrogen (secondary N) is 1. The minimum absolute atomic E-state index is 0.282. The Morgan fingerprint density at radius 2 is 1.73 bits per heavy atom. The average Bonchev–Trinajstić information content (AvgIpc) is 3.26. The van der Waals surface area contributed by atoms with Crippen molar-refractivity contribution >= 4 is 7.82 Å². The number of phosphoric acid groups is 1. The van der Waals surface area contributed by atoms with Crippen LogP contribution in [0.1, 0.15) is 59.1 Å². The van der Waals surface area contributed by atoms with Gasteiger partial charge in [-0.2, -0.15) is 0 Å². The number of rotatable bonds is 6. The third kappa shape index (κ3) is 13.6. The van der Waals surface area contributed by atoms with Crippen LogP contribution in [0.25, 0.3) is 0 Å². The molecule has 4 N–H and O–H groups in total. The predicted octanol–water partition coefficient (Wildman–Crippen LogP) is 3.54. The van der Waals surface area contributed by atoms with Gasteiger partial charge in [0.25, 0.3) is 0 Å².